The van der Waals surface area contributed by atoms with Crippen LogP contribution in [0.2, 0.25) is 5.15 Å². The van der Waals surface area contributed by atoms with Crippen LogP contribution in [-0.4, -0.2) is 43.9 Å². The normalized spacial score (nSPS) is 18.6. The second-order valence-corrected chi connectivity index (χ2v) is 10.5. The van der Waals surface area contributed by atoms with Crippen LogP contribution >= 0.6 is 11.6 Å². The molecule has 0 atom stereocenters. The van der Waals surface area contributed by atoms with Crippen LogP contribution in [0.4, 0.5) is 5.69 Å². The van der Waals surface area contributed by atoms with Crippen LogP contribution in [0, 0.1) is 17.2 Å². The molecule has 3 aromatic heterocycles. The third-order valence-corrected chi connectivity index (χ3v) is 6.73. The SMILES string of the molecule is CN(c1c(C#N)c(=O)n(C)c2ccc(Cl)nc12)C1CCC(/C(=N\OC(C)(C)C)c2cnccn2)CC1. The highest BCUT2D eigenvalue weighted by molar-refractivity contribution is 6.29. The minimum absolute atomic E-state index is 0.0739. The second-order valence-electron chi connectivity index (χ2n) is 10.1. The molecule has 0 unspecified atom stereocenters. The molecule has 0 saturated heterocycles. The van der Waals surface area contributed by atoms with Gasteiger partial charge >= 0.3 is 0 Å². The van der Waals surface area contributed by atoms with Crippen molar-refractivity contribution in [2.45, 2.75) is 58.1 Å². The van der Waals surface area contributed by atoms with Crippen LogP contribution in [0.3, 0.4) is 0 Å². The smallest absolute Gasteiger partial charge is 0.270 e. The van der Waals surface area contributed by atoms with Gasteiger partial charge in [0, 0.05) is 38.4 Å². The van der Waals surface area contributed by atoms with Crippen LogP contribution < -0.4 is 10.5 Å². The van der Waals surface area contributed by atoms with E-state index in [-0.39, 0.29) is 23.1 Å². The summed E-state index contributed by atoms with van der Waals surface area (Å²) in [6.07, 6.45) is 8.36. The average Bonchev–Trinajstić information content (AvgIpc) is 2.86. The first-order chi connectivity index (χ1) is 17.1. The summed E-state index contributed by atoms with van der Waals surface area (Å²) >= 11 is 6.21. The lowest BCUT2D eigenvalue weighted by atomic mass is 9.81. The van der Waals surface area contributed by atoms with Gasteiger partial charge in [-0.2, -0.15) is 5.26 Å². The van der Waals surface area contributed by atoms with Gasteiger partial charge in [-0.25, -0.2) is 4.98 Å². The molecule has 10 heteroatoms. The molecule has 0 aliphatic heterocycles. The van der Waals surface area contributed by atoms with Gasteiger partial charge in [-0.1, -0.05) is 16.8 Å². The van der Waals surface area contributed by atoms with E-state index < -0.39 is 5.60 Å². The molecule has 3 aromatic rings. The van der Waals surface area contributed by atoms with Gasteiger partial charge in [-0.05, 0) is 58.6 Å². The van der Waals surface area contributed by atoms with Crippen LogP contribution in [0.5, 0.6) is 0 Å². The quantitative estimate of drug-likeness (QED) is 0.285. The predicted octanol–water partition coefficient (Wildman–Crippen LogP) is 4.46. The van der Waals surface area contributed by atoms with Gasteiger partial charge in [-0.3, -0.25) is 14.8 Å². The number of nitrogens with zero attached hydrogens (tertiary/aromatic N) is 7. The summed E-state index contributed by atoms with van der Waals surface area (Å²) in [5.41, 5.74) is 2.52. The fraction of sp³-hybridized carbons (Fsp3) is 0.462. The lowest BCUT2D eigenvalue weighted by molar-refractivity contribution is -0.0000756. The van der Waals surface area contributed by atoms with Crippen LogP contribution in [0.1, 0.15) is 57.7 Å². The van der Waals surface area contributed by atoms with E-state index in [0.717, 1.165) is 31.4 Å². The number of oxime groups is 1. The lowest BCUT2D eigenvalue weighted by Crippen LogP contribution is -2.39. The first kappa shape index (κ1) is 25.6. The number of pyridine rings is 2. The topological polar surface area (TPSA) is 109 Å². The van der Waals surface area contributed by atoms with Crippen molar-refractivity contribution < 1.29 is 4.84 Å². The van der Waals surface area contributed by atoms with Gasteiger partial charge in [0.2, 0.25) is 0 Å². The maximum atomic E-state index is 13.0. The highest BCUT2D eigenvalue weighted by atomic mass is 35.5. The minimum Gasteiger partial charge on any atom is -0.390 e. The average molecular weight is 508 g/mol. The summed E-state index contributed by atoms with van der Waals surface area (Å²) in [6, 6.07) is 5.63. The zero-order valence-electron chi connectivity index (χ0n) is 21.2. The van der Waals surface area contributed by atoms with Crippen LogP contribution in [0.15, 0.2) is 40.7 Å². The van der Waals surface area contributed by atoms with Gasteiger partial charge < -0.3 is 14.3 Å². The summed E-state index contributed by atoms with van der Waals surface area (Å²) in [6.45, 7) is 5.87. The molecule has 3 heterocycles. The van der Waals surface area contributed by atoms with Crippen molar-refractivity contribution in [3.63, 3.8) is 0 Å². The number of aromatic nitrogens is 4. The van der Waals surface area contributed by atoms with Gasteiger partial charge in [0.15, 0.2) is 0 Å². The molecule has 0 aromatic carbocycles. The van der Waals surface area contributed by atoms with E-state index in [0.29, 0.717) is 27.6 Å². The molecule has 188 valence electrons. The Hall–Kier alpha value is -3.51. The van der Waals surface area contributed by atoms with Crippen molar-refractivity contribution in [3.8, 4) is 6.07 Å². The molecule has 0 spiro atoms. The van der Waals surface area contributed by atoms with E-state index in [1.165, 1.54) is 4.57 Å². The Bertz CT molecular complexity index is 1380. The van der Waals surface area contributed by atoms with Crippen LogP contribution in [-0.2, 0) is 11.9 Å². The van der Waals surface area contributed by atoms with Gasteiger partial charge in [-0.15, -0.1) is 0 Å². The van der Waals surface area contributed by atoms with Crippen LogP contribution in [0.25, 0.3) is 11.0 Å². The van der Waals surface area contributed by atoms with E-state index in [1.54, 1.807) is 37.8 Å². The molecule has 1 aliphatic rings. The maximum Gasteiger partial charge on any atom is 0.270 e. The number of fused-ring (bicyclic) bond motifs is 1. The minimum atomic E-state index is -0.423. The highest BCUT2D eigenvalue weighted by Crippen LogP contribution is 2.35. The number of anilines is 1. The summed E-state index contributed by atoms with van der Waals surface area (Å²) in [5.74, 6) is 0.150. The molecule has 0 N–H and O–H groups in total. The van der Waals surface area contributed by atoms with Crippen molar-refractivity contribution in [2.75, 3.05) is 11.9 Å². The Morgan fingerprint density at radius 3 is 2.58 bits per heavy atom. The molecular weight excluding hydrogens is 478 g/mol. The van der Waals surface area contributed by atoms with Gasteiger partial charge in [0.1, 0.15) is 39.3 Å². The number of nitriles is 1. The van der Waals surface area contributed by atoms with Crippen molar-refractivity contribution >= 4 is 34.0 Å². The highest BCUT2D eigenvalue weighted by Gasteiger charge is 2.32. The van der Waals surface area contributed by atoms with E-state index in [9.17, 15) is 10.1 Å². The largest absolute Gasteiger partial charge is 0.390 e. The number of rotatable bonds is 5. The van der Waals surface area contributed by atoms with Crippen molar-refractivity contribution in [3.05, 3.63) is 57.5 Å². The third-order valence-electron chi connectivity index (χ3n) is 6.52. The first-order valence-corrected chi connectivity index (χ1v) is 12.3. The molecule has 1 fully saturated rings. The van der Waals surface area contributed by atoms with Gasteiger partial charge in [0.25, 0.3) is 5.56 Å². The second kappa shape index (κ2) is 10.2. The van der Waals surface area contributed by atoms with E-state index in [1.807, 2.05) is 32.7 Å². The number of halogens is 1. The van der Waals surface area contributed by atoms with Gasteiger partial charge in [0.05, 0.1) is 17.4 Å². The van der Waals surface area contributed by atoms with E-state index in [4.69, 9.17) is 16.4 Å². The van der Waals surface area contributed by atoms with Crippen molar-refractivity contribution in [1.29, 1.82) is 5.26 Å². The summed E-state index contributed by atoms with van der Waals surface area (Å²) < 4.78 is 1.45. The fourth-order valence-electron chi connectivity index (χ4n) is 4.68. The number of aryl methyl sites for hydroxylation is 1. The monoisotopic (exact) mass is 507 g/mol. The molecule has 0 radical (unpaired) electrons. The molecule has 1 saturated carbocycles. The van der Waals surface area contributed by atoms with E-state index in [2.05, 4.69) is 26.2 Å². The Morgan fingerprint density at radius 1 is 1.25 bits per heavy atom. The lowest BCUT2D eigenvalue weighted by Gasteiger charge is -2.36. The maximum absolute atomic E-state index is 13.0. The van der Waals surface area contributed by atoms with E-state index >= 15 is 0 Å². The van der Waals surface area contributed by atoms with Crippen molar-refractivity contribution in [2.24, 2.45) is 18.1 Å². The Morgan fingerprint density at radius 2 is 1.97 bits per heavy atom. The number of hydrogen-bond donors (Lipinski definition) is 0. The summed E-state index contributed by atoms with van der Waals surface area (Å²) in [7, 11) is 3.56. The molecule has 0 amide bonds. The fourth-order valence-corrected chi connectivity index (χ4v) is 4.83. The zero-order chi connectivity index (χ0) is 26.0. The summed E-state index contributed by atoms with van der Waals surface area (Å²) in [5, 5.41) is 14.7. The zero-order valence-corrected chi connectivity index (χ0v) is 22.0. The predicted molar refractivity (Wildman–Crippen MR) is 140 cm³/mol. The molecule has 0 bridgehead atoms. The Kier molecular flexibility index (Phi) is 7.27. The molecule has 9 nitrogen and oxygen atoms in total. The summed E-state index contributed by atoms with van der Waals surface area (Å²) in [4.78, 5) is 33.9. The number of hydrogen-bond acceptors (Lipinski definition) is 8. The first-order valence-electron chi connectivity index (χ1n) is 12.0. The van der Waals surface area contributed by atoms with Crippen molar-refractivity contribution in [1.82, 2.24) is 19.5 Å². The third kappa shape index (κ3) is 5.19. The molecule has 1 aliphatic carbocycles. The Balaban J connectivity index is 1.64. The molecule has 4 rings (SSSR count). The Labute approximate surface area is 215 Å². The molecule has 36 heavy (non-hydrogen) atoms. The standard InChI is InChI=1S/C26H30ClN7O2/c1-26(2,3)36-32-22(19-15-29-12-13-30-19)16-6-8-17(9-7-16)33(4)24-18(14-28)25(35)34(5)20-10-11-21(27)31-23(20)24/h10-13,15-17H,6-9H2,1-5H3/b32-22+. The molecular formula is C26H30ClN7O2.